The summed E-state index contributed by atoms with van der Waals surface area (Å²) < 4.78 is 10.8. The van der Waals surface area contributed by atoms with Crippen molar-refractivity contribution in [1.29, 1.82) is 0 Å². The summed E-state index contributed by atoms with van der Waals surface area (Å²) in [5.74, 6) is -0.0357. The van der Waals surface area contributed by atoms with Gasteiger partial charge in [0.25, 0.3) is 0 Å². The van der Waals surface area contributed by atoms with E-state index in [1.807, 2.05) is 20.8 Å². The van der Waals surface area contributed by atoms with Crippen molar-refractivity contribution in [2.75, 3.05) is 19.8 Å². The summed E-state index contributed by atoms with van der Waals surface area (Å²) in [5.41, 5.74) is 0.0272. The Morgan fingerprint density at radius 2 is 2.05 bits per heavy atom. The monoisotopic (exact) mass is 306 g/mol. The molecule has 1 aliphatic rings. The van der Waals surface area contributed by atoms with Crippen LogP contribution in [0.3, 0.4) is 0 Å². The van der Waals surface area contributed by atoms with E-state index >= 15 is 0 Å². The lowest BCUT2D eigenvalue weighted by Gasteiger charge is -2.36. The molecule has 6 heteroatoms. The van der Waals surface area contributed by atoms with E-state index in [9.17, 15) is 9.59 Å². The fourth-order valence-corrected chi connectivity index (χ4v) is 2.25. The van der Waals surface area contributed by atoms with Gasteiger partial charge in [0, 0.05) is 30.9 Å². The summed E-state index contributed by atoms with van der Waals surface area (Å²) in [6, 6.07) is 3.04. The van der Waals surface area contributed by atoms with E-state index in [-0.39, 0.29) is 18.2 Å². The lowest BCUT2D eigenvalue weighted by molar-refractivity contribution is -0.0322. The van der Waals surface area contributed by atoms with Crippen LogP contribution in [0, 0.1) is 0 Å². The Hall–Kier alpha value is -1.95. The third-order valence-electron chi connectivity index (χ3n) is 3.28. The molecule has 6 nitrogen and oxygen atoms in total. The highest BCUT2D eigenvalue weighted by Gasteiger charge is 2.32. The molecule has 2 rings (SSSR count). The van der Waals surface area contributed by atoms with Crippen molar-refractivity contribution in [3.8, 4) is 0 Å². The van der Waals surface area contributed by atoms with Gasteiger partial charge in [-0.1, -0.05) is 0 Å². The summed E-state index contributed by atoms with van der Waals surface area (Å²) in [5, 5.41) is 0. The van der Waals surface area contributed by atoms with Crippen LogP contribution in [0.4, 0.5) is 4.79 Å². The van der Waals surface area contributed by atoms with E-state index in [4.69, 9.17) is 9.47 Å². The molecule has 120 valence electrons. The Kier molecular flexibility index (Phi) is 5.13. The van der Waals surface area contributed by atoms with Gasteiger partial charge in [0.15, 0.2) is 5.78 Å². The molecule has 0 aliphatic carbocycles. The molecular formula is C16H22N2O4. The van der Waals surface area contributed by atoms with Crippen LogP contribution < -0.4 is 0 Å². The molecule has 1 aromatic rings. The van der Waals surface area contributed by atoms with Crippen molar-refractivity contribution < 1.29 is 19.1 Å². The Balaban J connectivity index is 2.04. The fraction of sp³-hybridized carbons (Fsp3) is 0.562. The number of pyridine rings is 1. The summed E-state index contributed by atoms with van der Waals surface area (Å²) >= 11 is 0. The molecule has 1 unspecified atom stereocenters. The lowest BCUT2D eigenvalue weighted by Crippen LogP contribution is -2.51. The molecule has 0 saturated carbocycles. The minimum atomic E-state index is -0.560. The molecule has 1 aliphatic heterocycles. The van der Waals surface area contributed by atoms with E-state index < -0.39 is 11.7 Å². The molecule has 0 aromatic carbocycles. The first-order chi connectivity index (χ1) is 10.4. The number of hydrogen-bond donors (Lipinski definition) is 0. The Bertz CT molecular complexity index is 525. The van der Waals surface area contributed by atoms with Crippen molar-refractivity contribution >= 4 is 11.9 Å². The van der Waals surface area contributed by atoms with Crippen molar-refractivity contribution in [3.63, 3.8) is 0 Å². The number of ether oxygens (including phenoxy) is 2. The second-order valence-electron chi connectivity index (χ2n) is 6.27. The fourth-order valence-electron chi connectivity index (χ4n) is 2.25. The minimum absolute atomic E-state index is 0.0357. The molecule has 1 amide bonds. The first kappa shape index (κ1) is 16.4. The number of morpholine rings is 1. The zero-order valence-electron chi connectivity index (χ0n) is 13.2. The van der Waals surface area contributed by atoms with Crippen LogP contribution in [0.15, 0.2) is 24.5 Å². The highest BCUT2D eigenvalue weighted by atomic mass is 16.6. The van der Waals surface area contributed by atoms with Gasteiger partial charge in [-0.05, 0) is 32.9 Å². The molecule has 1 fully saturated rings. The normalized spacial score (nSPS) is 18.9. The zero-order valence-corrected chi connectivity index (χ0v) is 13.2. The van der Waals surface area contributed by atoms with Crippen LogP contribution in [0.25, 0.3) is 0 Å². The van der Waals surface area contributed by atoms with Gasteiger partial charge in [0.2, 0.25) is 0 Å². The average molecular weight is 306 g/mol. The van der Waals surface area contributed by atoms with Crippen molar-refractivity contribution in [2.24, 2.45) is 0 Å². The van der Waals surface area contributed by atoms with Crippen LogP contribution in [0.2, 0.25) is 0 Å². The van der Waals surface area contributed by atoms with E-state index in [1.165, 1.54) is 0 Å². The number of aromatic nitrogens is 1. The number of carbonyl (C=O) groups excluding carboxylic acids is 2. The number of nitrogens with zero attached hydrogens (tertiary/aromatic N) is 2. The second kappa shape index (κ2) is 6.87. The SMILES string of the molecule is CC(C)(C)OC(=O)N1CCOCC1CC(=O)c1ccncc1. The van der Waals surface area contributed by atoms with E-state index in [2.05, 4.69) is 4.98 Å². The number of rotatable bonds is 3. The van der Waals surface area contributed by atoms with Crippen LogP contribution in [-0.2, 0) is 9.47 Å². The molecule has 22 heavy (non-hydrogen) atoms. The predicted molar refractivity (Wildman–Crippen MR) is 80.7 cm³/mol. The predicted octanol–water partition coefficient (Wildman–Crippen LogP) is 2.29. The average Bonchev–Trinajstić information content (AvgIpc) is 2.47. The first-order valence-corrected chi connectivity index (χ1v) is 7.37. The van der Waals surface area contributed by atoms with Gasteiger partial charge in [-0.3, -0.25) is 9.78 Å². The summed E-state index contributed by atoms with van der Waals surface area (Å²) in [6.07, 6.45) is 2.97. The topological polar surface area (TPSA) is 68.7 Å². The maximum Gasteiger partial charge on any atom is 0.410 e. The van der Waals surface area contributed by atoms with E-state index in [1.54, 1.807) is 29.4 Å². The molecule has 0 bridgehead atoms. The molecule has 2 heterocycles. The van der Waals surface area contributed by atoms with Crippen LogP contribution in [0.5, 0.6) is 0 Å². The Morgan fingerprint density at radius 1 is 1.36 bits per heavy atom. The highest BCUT2D eigenvalue weighted by Crippen LogP contribution is 2.18. The molecule has 0 spiro atoms. The summed E-state index contributed by atoms with van der Waals surface area (Å²) in [4.78, 5) is 30.1. The maximum absolute atomic E-state index is 12.3. The van der Waals surface area contributed by atoms with E-state index in [0.29, 0.717) is 25.3 Å². The van der Waals surface area contributed by atoms with Crippen LogP contribution >= 0.6 is 0 Å². The minimum Gasteiger partial charge on any atom is -0.444 e. The molecule has 1 aromatic heterocycles. The third kappa shape index (κ3) is 4.53. The first-order valence-electron chi connectivity index (χ1n) is 7.37. The standard InChI is InChI=1S/C16H22N2O4/c1-16(2,3)22-15(20)18-8-9-21-11-13(18)10-14(19)12-4-6-17-7-5-12/h4-7,13H,8-11H2,1-3H3. The highest BCUT2D eigenvalue weighted by molar-refractivity contribution is 5.96. The number of amides is 1. The molecule has 1 atom stereocenters. The van der Waals surface area contributed by atoms with Gasteiger partial charge < -0.3 is 14.4 Å². The van der Waals surface area contributed by atoms with Crippen LogP contribution in [0.1, 0.15) is 37.6 Å². The van der Waals surface area contributed by atoms with Gasteiger partial charge in [0.05, 0.1) is 19.3 Å². The quantitative estimate of drug-likeness (QED) is 0.801. The van der Waals surface area contributed by atoms with Gasteiger partial charge in [-0.15, -0.1) is 0 Å². The molecule has 1 saturated heterocycles. The molecule has 0 N–H and O–H groups in total. The Labute approximate surface area is 130 Å². The van der Waals surface area contributed by atoms with Crippen LogP contribution in [-0.4, -0.2) is 53.2 Å². The summed E-state index contributed by atoms with van der Waals surface area (Å²) in [7, 11) is 0. The molecular weight excluding hydrogens is 284 g/mol. The van der Waals surface area contributed by atoms with Gasteiger partial charge in [-0.25, -0.2) is 4.79 Å². The second-order valence-corrected chi connectivity index (χ2v) is 6.27. The van der Waals surface area contributed by atoms with Gasteiger partial charge in [-0.2, -0.15) is 0 Å². The third-order valence-corrected chi connectivity index (χ3v) is 3.28. The van der Waals surface area contributed by atoms with Crippen molar-refractivity contribution in [2.45, 2.75) is 38.8 Å². The summed E-state index contributed by atoms with van der Waals surface area (Å²) in [6.45, 7) is 6.70. The number of Topliss-reactive ketones (excluding diaryl/α,β-unsaturated/α-hetero) is 1. The van der Waals surface area contributed by atoms with Gasteiger partial charge in [0.1, 0.15) is 5.60 Å². The Morgan fingerprint density at radius 3 is 2.68 bits per heavy atom. The largest absolute Gasteiger partial charge is 0.444 e. The number of ketones is 1. The molecule has 0 radical (unpaired) electrons. The van der Waals surface area contributed by atoms with Gasteiger partial charge >= 0.3 is 6.09 Å². The smallest absolute Gasteiger partial charge is 0.410 e. The van der Waals surface area contributed by atoms with Crippen molar-refractivity contribution in [1.82, 2.24) is 9.88 Å². The number of hydrogen-bond acceptors (Lipinski definition) is 5. The zero-order chi connectivity index (χ0) is 16.2. The van der Waals surface area contributed by atoms with E-state index in [0.717, 1.165) is 0 Å². The maximum atomic E-state index is 12.3. The lowest BCUT2D eigenvalue weighted by atomic mass is 10.0. The number of carbonyl (C=O) groups is 2. The van der Waals surface area contributed by atoms with Crippen molar-refractivity contribution in [3.05, 3.63) is 30.1 Å².